The van der Waals surface area contributed by atoms with Gasteiger partial charge in [0.2, 0.25) is 5.91 Å². The second-order valence-corrected chi connectivity index (χ2v) is 7.82. The van der Waals surface area contributed by atoms with E-state index < -0.39 is 17.8 Å². The van der Waals surface area contributed by atoms with Gasteiger partial charge in [-0.1, -0.05) is 42.5 Å². The number of benzene rings is 2. The number of halogens is 3. The Bertz CT molecular complexity index is 1040. The fourth-order valence-electron chi connectivity index (χ4n) is 3.73. The van der Waals surface area contributed by atoms with Crippen LogP contribution < -0.4 is 0 Å². The van der Waals surface area contributed by atoms with Gasteiger partial charge in [-0.3, -0.25) is 4.79 Å². The first-order chi connectivity index (χ1) is 14.8. The van der Waals surface area contributed by atoms with Crippen molar-refractivity contribution >= 4 is 5.91 Å². The predicted molar refractivity (Wildman–Crippen MR) is 110 cm³/mol. The number of hydrogen-bond donors (Lipinski definition) is 0. The van der Waals surface area contributed by atoms with E-state index in [1.807, 2.05) is 30.3 Å². The summed E-state index contributed by atoms with van der Waals surface area (Å²) in [4.78, 5) is 19.0. The van der Waals surface area contributed by atoms with E-state index in [2.05, 4.69) is 4.98 Å². The number of aryl methyl sites for hydroxylation is 1. The largest absolute Gasteiger partial charge is 0.441 e. The molecule has 0 radical (unpaired) electrons. The fraction of sp³-hybridized carbons (Fsp3) is 0.333. The minimum absolute atomic E-state index is 0.0708. The molecule has 0 bridgehead atoms. The van der Waals surface area contributed by atoms with Gasteiger partial charge in [-0.05, 0) is 37.5 Å². The highest BCUT2D eigenvalue weighted by atomic mass is 19.4. The molecule has 7 heteroatoms. The summed E-state index contributed by atoms with van der Waals surface area (Å²) in [5.74, 6) is 1.00. The zero-order valence-electron chi connectivity index (χ0n) is 17.1. The minimum Gasteiger partial charge on any atom is -0.441 e. The van der Waals surface area contributed by atoms with Gasteiger partial charge in [0.15, 0.2) is 11.7 Å². The van der Waals surface area contributed by atoms with Crippen LogP contribution in [-0.2, 0) is 17.4 Å². The summed E-state index contributed by atoms with van der Waals surface area (Å²) in [6.45, 7) is 1.78. The molecule has 1 unspecified atom stereocenters. The van der Waals surface area contributed by atoms with Gasteiger partial charge in [0.05, 0.1) is 17.8 Å². The Balaban J connectivity index is 1.44. The van der Waals surface area contributed by atoms with Crippen molar-refractivity contribution in [3.63, 3.8) is 0 Å². The fourth-order valence-corrected chi connectivity index (χ4v) is 3.73. The van der Waals surface area contributed by atoms with Gasteiger partial charge in [0.25, 0.3) is 0 Å². The molecule has 0 N–H and O–H groups in total. The van der Waals surface area contributed by atoms with Crippen LogP contribution in [0.1, 0.15) is 49.2 Å². The van der Waals surface area contributed by atoms with Crippen LogP contribution in [-0.4, -0.2) is 21.8 Å². The second kappa shape index (κ2) is 8.57. The lowest BCUT2D eigenvalue weighted by molar-refractivity contribution is -0.137. The summed E-state index contributed by atoms with van der Waals surface area (Å²) in [7, 11) is 0. The SMILES string of the molecule is CC(c1cccc(C(F)(F)F)c1)N(C(=O)CCc1ncc(-c2ccccc2)o1)C1CC1. The Morgan fingerprint density at radius 1 is 1.16 bits per heavy atom. The first-order valence-electron chi connectivity index (χ1n) is 10.3. The van der Waals surface area contributed by atoms with Crippen molar-refractivity contribution in [2.75, 3.05) is 0 Å². The molecule has 4 nitrogen and oxygen atoms in total. The van der Waals surface area contributed by atoms with Gasteiger partial charge in [-0.25, -0.2) is 4.98 Å². The van der Waals surface area contributed by atoms with Crippen LogP contribution in [0.15, 0.2) is 65.2 Å². The maximum absolute atomic E-state index is 13.1. The number of nitrogens with zero attached hydrogens (tertiary/aromatic N) is 2. The number of rotatable bonds is 7. The van der Waals surface area contributed by atoms with E-state index in [1.54, 1.807) is 24.1 Å². The van der Waals surface area contributed by atoms with Crippen molar-refractivity contribution in [1.82, 2.24) is 9.88 Å². The average Bonchev–Trinajstić information content (AvgIpc) is 3.48. The summed E-state index contributed by atoms with van der Waals surface area (Å²) in [6, 6.07) is 14.4. The third kappa shape index (κ3) is 4.98. The highest BCUT2D eigenvalue weighted by molar-refractivity contribution is 5.77. The van der Waals surface area contributed by atoms with Gasteiger partial charge >= 0.3 is 6.18 Å². The molecule has 1 saturated carbocycles. The predicted octanol–water partition coefficient (Wildman–Crippen LogP) is 6.05. The van der Waals surface area contributed by atoms with Crippen LogP contribution >= 0.6 is 0 Å². The van der Waals surface area contributed by atoms with E-state index in [9.17, 15) is 18.0 Å². The van der Waals surface area contributed by atoms with Crippen molar-refractivity contribution in [2.24, 2.45) is 0 Å². The van der Waals surface area contributed by atoms with Crippen LogP contribution in [0.2, 0.25) is 0 Å². The number of oxazole rings is 1. The number of aromatic nitrogens is 1. The summed E-state index contributed by atoms with van der Waals surface area (Å²) in [6.07, 6.45) is -0.512. The van der Waals surface area contributed by atoms with Gasteiger partial charge in [0.1, 0.15) is 0 Å². The monoisotopic (exact) mass is 428 g/mol. The summed E-state index contributed by atoms with van der Waals surface area (Å²) < 4.78 is 45.1. The lowest BCUT2D eigenvalue weighted by Gasteiger charge is -2.30. The van der Waals surface area contributed by atoms with Crippen LogP contribution in [0.5, 0.6) is 0 Å². The van der Waals surface area contributed by atoms with Gasteiger partial charge in [-0.2, -0.15) is 13.2 Å². The molecule has 3 aromatic rings. The molecule has 0 aliphatic heterocycles. The van der Waals surface area contributed by atoms with Crippen molar-refractivity contribution < 1.29 is 22.4 Å². The Kier molecular flexibility index (Phi) is 5.85. The van der Waals surface area contributed by atoms with E-state index in [0.29, 0.717) is 23.6 Å². The molecule has 1 aliphatic carbocycles. The molecule has 1 amide bonds. The molecule has 1 fully saturated rings. The Morgan fingerprint density at radius 3 is 2.58 bits per heavy atom. The molecule has 4 rings (SSSR count). The summed E-state index contributed by atoms with van der Waals surface area (Å²) in [5, 5.41) is 0. The van der Waals surface area contributed by atoms with Crippen molar-refractivity contribution in [3.8, 4) is 11.3 Å². The standard InChI is InChI=1S/C24H23F3N2O2/c1-16(18-8-5-9-19(14-18)24(25,26)27)29(20-10-11-20)23(30)13-12-22-28-15-21(31-22)17-6-3-2-4-7-17/h2-9,14-16,20H,10-13H2,1H3. The normalized spacial score (nSPS) is 15.0. The maximum Gasteiger partial charge on any atom is 0.416 e. The minimum atomic E-state index is -4.41. The first-order valence-corrected chi connectivity index (χ1v) is 10.3. The highest BCUT2D eigenvalue weighted by Crippen LogP contribution is 2.37. The van der Waals surface area contributed by atoms with Crippen LogP contribution in [0.25, 0.3) is 11.3 Å². The van der Waals surface area contributed by atoms with E-state index in [1.165, 1.54) is 6.07 Å². The molecule has 2 aromatic carbocycles. The Labute approximate surface area is 178 Å². The van der Waals surface area contributed by atoms with Crippen molar-refractivity contribution in [3.05, 3.63) is 77.8 Å². The molecule has 0 spiro atoms. The Morgan fingerprint density at radius 2 is 1.90 bits per heavy atom. The molecular formula is C24H23F3N2O2. The van der Waals surface area contributed by atoms with E-state index >= 15 is 0 Å². The van der Waals surface area contributed by atoms with E-state index in [4.69, 9.17) is 4.42 Å². The number of alkyl halides is 3. The van der Waals surface area contributed by atoms with Crippen LogP contribution in [0, 0.1) is 0 Å². The molecule has 1 atom stereocenters. The topological polar surface area (TPSA) is 46.3 Å². The molecule has 1 aromatic heterocycles. The zero-order chi connectivity index (χ0) is 22.0. The molecule has 31 heavy (non-hydrogen) atoms. The van der Waals surface area contributed by atoms with E-state index in [0.717, 1.165) is 30.5 Å². The Hall–Kier alpha value is -3.09. The molecule has 162 valence electrons. The van der Waals surface area contributed by atoms with Crippen molar-refractivity contribution in [1.29, 1.82) is 0 Å². The lowest BCUT2D eigenvalue weighted by Crippen LogP contribution is -2.35. The zero-order valence-corrected chi connectivity index (χ0v) is 17.1. The number of carbonyl (C=O) groups is 1. The van der Waals surface area contributed by atoms with Gasteiger partial charge in [-0.15, -0.1) is 0 Å². The molecular weight excluding hydrogens is 405 g/mol. The maximum atomic E-state index is 13.1. The van der Waals surface area contributed by atoms with Crippen LogP contribution in [0.4, 0.5) is 13.2 Å². The van der Waals surface area contributed by atoms with Crippen molar-refractivity contribution in [2.45, 2.75) is 50.9 Å². The third-order valence-electron chi connectivity index (χ3n) is 5.51. The average molecular weight is 428 g/mol. The third-order valence-corrected chi connectivity index (χ3v) is 5.51. The highest BCUT2D eigenvalue weighted by Gasteiger charge is 2.37. The lowest BCUT2D eigenvalue weighted by atomic mass is 10.0. The summed E-state index contributed by atoms with van der Waals surface area (Å²) in [5.41, 5.74) is 0.691. The number of amides is 1. The number of hydrogen-bond acceptors (Lipinski definition) is 3. The number of carbonyl (C=O) groups excluding carboxylic acids is 1. The molecule has 1 aliphatic rings. The first kappa shape index (κ1) is 21.2. The van der Waals surface area contributed by atoms with E-state index in [-0.39, 0.29) is 18.4 Å². The van der Waals surface area contributed by atoms with Gasteiger partial charge < -0.3 is 9.32 Å². The quantitative estimate of drug-likeness (QED) is 0.461. The second-order valence-electron chi connectivity index (χ2n) is 7.82. The smallest absolute Gasteiger partial charge is 0.416 e. The summed E-state index contributed by atoms with van der Waals surface area (Å²) >= 11 is 0. The molecule has 1 heterocycles. The van der Waals surface area contributed by atoms with Gasteiger partial charge in [0, 0.05) is 24.4 Å². The molecule has 0 saturated heterocycles. The van der Waals surface area contributed by atoms with Crippen LogP contribution in [0.3, 0.4) is 0 Å².